The summed E-state index contributed by atoms with van der Waals surface area (Å²) in [5, 5.41) is 5.33. The van der Waals surface area contributed by atoms with Crippen LogP contribution in [0.25, 0.3) is 0 Å². The van der Waals surface area contributed by atoms with E-state index in [9.17, 15) is 18.0 Å². The first kappa shape index (κ1) is 17.8. The SMILES string of the molecule is CC(C)(C)NCCC(=O)Nc1ccc(Cl)cc1C(F)(F)F. The fourth-order valence-electron chi connectivity index (χ4n) is 1.62. The summed E-state index contributed by atoms with van der Waals surface area (Å²) in [4.78, 5) is 11.7. The van der Waals surface area contributed by atoms with E-state index in [2.05, 4.69) is 10.6 Å². The number of benzene rings is 1. The average molecular weight is 323 g/mol. The van der Waals surface area contributed by atoms with Gasteiger partial charge in [-0.25, -0.2) is 0 Å². The molecule has 1 amide bonds. The monoisotopic (exact) mass is 322 g/mol. The first-order chi connectivity index (χ1) is 9.49. The van der Waals surface area contributed by atoms with Gasteiger partial charge in [0.2, 0.25) is 5.91 Å². The van der Waals surface area contributed by atoms with Crippen molar-refractivity contribution in [2.24, 2.45) is 0 Å². The molecule has 0 unspecified atom stereocenters. The van der Waals surface area contributed by atoms with Crippen molar-refractivity contribution < 1.29 is 18.0 Å². The number of amides is 1. The number of rotatable bonds is 4. The second kappa shape index (κ2) is 6.66. The van der Waals surface area contributed by atoms with Gasteiger partial charge in [-0.15, -0.1) is 0 Å². The normalized spacial score (nSPS) is 12.3. The van der Waals surface area contributed by atoms with Crippen molar-refractivity contribution in [2.75, 3.05) is 11.9 Å². The third kappa shape index (κ3) is 6.35. The fraction of sp³-hybridized carbons (Fsp3) is 0.500. The van der Waals surface area contributed by atoms with E-state index in [1.54, 1.807) is 0 Å². The summed E-state index contributed by atoms with van der Waals surface area (Å²) in [6, 6.07) is 3.25. The molecule has 0 heterocycles. The molecule has 0 aromatic heterocycles. The van der Waals surface area contributed by atoms with E-state index in [1.807, 2.05) is 20.8 Å². The van der Waals surface area contributed by atoms with Gasteiger partial charge in [0, 0.05) is 23.5 Å². The van der Waals surface area contributed by atoms with Crippen LogP contribution in [0.5, 0.6) is 0 Å². The van der Waals surface area contributed by atoms with Gasteiger partial charge in [-0.05, 0) is 39.0 Å². The highest BCUT2D eigenvalue weighted by atomic mass is 35.5. The highest BCUT2D eigenvalue weighted by Crippen LogP contribution is 2.36. The van der Waals surface area contributed by atoms with Crippen LogP contribution < -0.4 is 10.6 Å². The quantitative estimate of drug-likeness (QED) is 0.877. The summed E-state index contributed by atoms with van der Waals surface area (Å²) in [6.45, 7) is 6.19. The number of hydrogen-bond acceptors (Lipinski definition) is 2. The van der Waals surface area contributed by atoms with E-state index >= 15 is 0 Å². The Morgan fingerprint density at radius 3 is 2.38 bits per heavy atom. The predicted molar refractivity (Wildman–Crippen MR) is 77.5 cm³/mol. The summed E-state index contributed by atoms with van der Waals surface area (Å²) < 4.78 is 38.6. The molecule has 21 heavy (non-hydrogen) atoms. The van der Waals surface area contributed by atoms with Crippen LogP contribution >= 0.6 is 11.6 Å². The van der Waals surface area contributed by atoms with Gasteiger partial charge in [0.1, 0.15) is 0 Å². The molecule has 0 radical (unpaired) electrons. The standard InChI is InChI=1S/C14H18ClF3N2O/c1-13(2,3)19-7-6-12(21)20-11-5-4-9(15)8-10(11)14(16,17)18/h4-5,8,19H,6-7H2,1-3H3,(H,20,21). The van der Waals surface area contributed by atoms with Crippen molar-refractivity contribution in [3.05, 3.63) is 28.8 Å². The Balaban J connectivity index is 2.73. The Hall–Kier alpha value is -1.27. The zero-order valence-electron chi connectivity index (χ0n) is 12.1. The summed E-state index contributed by atoms with van der Waals surface area (Å²) >= 11 is 5.57. The van der Waals surface area contributed by atoms with Gasteiger partial charge in [-0.2, -0.15) is 13.2 Å². The molecule has 0 saturated carbocycles. The number of alkyl halides is 3. The highest BCUT2D eigenvalue weighted by Gasteiger charge is 2.34. The minimum atomic E-state index is -4.57. The third-order valence-electron chi connectivity index (χ3n) is 2.57. The lowest BCUT2D eigenvalue weighted by molar-refractivity contribution is -0.137. The minimum absolute atomic E-state index is 0.0327. The molecule has 7 heteroatoms. The van der Waals surface area contributed by atoms with Crippen LogP contribution in [0, 0.1) is 0 Å². The molecule has 118 valence electrons. The van der Waals surface area contributed by atoms with Gasteiger partial charge >= 0.3 is 6.18 Å². The zero-order valence-corrected chi connectivity index (χ0v) is 12.8. The molecular formula is C14H18ClF3N2O. The van der Waals surface area contributed by atoms with Crippen molar-refractivity contribution in [3.63, 3.8) is 0 Å². The third-order valence-corrected chi connectivity index (χ3v) is 2.80. The Morgan fingerprint density at radius 2 is 1.86 bits per heavy atom. The molecule has 1 rings (SSSR count). The first-order valence-corrected chi connectivity index (χ1v) is 6.78. The van der Waals surface area contributed by atoms with E-state index in [4.69, 9.17) is 11.6 Å². The lowest BCUT2D eigenvalue weighted by Crippen LogP contribution is -2.37. The van der Waals surface area contributed by atoms with Gasteiger partial charge in [-0.1, -0.05) is 11.6 Å². The minimum Gasteiger partial charge on any atom is -0.325 e. The van der Waals surface area contributed by atoms with E-state index in [-0.39, 0.29) is 22.7 Å². The summed E-state index contributed by atoms with van der Waals surface area (Å²) in [6.07, 6.45) is -4.49. The highest BCUT2D eigenvalue weighted by molar-refractivity contribution is 6.30. The molecule has 2 N–H and O–H groups in total. The van der Waals surface area contributed by atoms with Gasteiger partial charge < -0.3 is 10.6 Å². The molecule has 3 nitrogen and oxygen atoms in total. The Kier molecular flexibility index (Phi) is 5.64. The second-order valence-corrected chi connectivity index (χ2v) is 6.10. The smallest absolute Gasteiger partial charge is 0.325 e. The number of nitrogens with one attached hydrogen (secondary N) is 2. The summed E-state index contributed by atoms with van der Waals surface area (Å²) in [7, 11) is 0. The van der Waals surface area contributed by atoms with Gasteiger partial charge in [0.25, 0.3) is 0 Å². The van der Waals surface area contributed by atoms with E-state index < -0.39 is 17.6 Å². The summed E-state index contributed by atoms with van der Waals surface area (Å²) in [5.41, 5.74) is -1.39. The molecule has 0 aliphatic carbocycles. The first-order valence-electron chi connectivity index (χ1n) is 6.41. The number of hydrogen-bond donors (Lipinski definition) is 2. The maximum atomic E-state index is 12.9. The number of halogens is 4. The lowest BCUT2D eigenvalue weighted by atomic mass is 10.1. The molecular weight excluding hydrogens is 305 g/mol. The molecule has 0 bridgehead atoms. The molecule has 0 atom stereocenters. The molecule has 0 spiro atoms. The molecule has 1 aromatic rings. The topological polar surface area (TPSA) is 41.1 Å². The van der Waals surface area contributed by atoms with Gasteiger partial charge in [-0.3, -0.25) is 4.79 Å². The van der Waals surface area contributed by atoms with Crippen molar-refractivity contribution in [1.82, 2.24) is 5.32 Å². The second-order valence-electron chi connectivity index (χ2n) is 5.66. The Labute approximate surface area is 126 Å². The Bertz CT molecular complexity index is 510. The van der Waals surface area contributed by atoms with Gasteiger partial charge in [0.15, 0.2) is 0 Å². The Morgan fingerprint density at radius 1 is 1.24 bits per heavy atom. The average Bonchev–Trinajstić information content (AvgIpc) is 2.28. The van der Waals surface area contributed by atoms with E-state index in [0.29, 0.717) is 6.54 Å². The van der Waals surface area contributed by atoms with Gasteiger partial charge in [0.05, 0.1) is 11.3 Å². The summed E-state index contributed by atoms with van der Waals surface area (Å²) in [5.74, 6) is -0.487. The van der Waals surface area contributed by atoms with Crippen LogP contribution in [0.15, 0.2) is 18.2 Å². The van der Waals surface area contributed by atoms with Crippen LogP contribution in [0.4, 0.5) is 18.9 Å². The molecule has 1 aromatic carbocycles. The maximum Gasteiger partial charge on any atom is 0.418 e. The largest absolute Gasteiger partial charge is 0.418 e. The zero-order chi connectivity index (χ0) is 16.3. The van der Waals surface area contributed by atoms with Crippen molar-refractivity contribution in [3.8, 4) is 0 Å². The van der Waals surface area contributed by atoms with E-state index in [1.165, 1.54) is 6.07 Å². The molecule has 0 fully saturated rings. The number of carbonyl (C=O) groups is 1. The van der Waals surface area contributed by atoms with Crippen LogP contribution in [0.3, 0.4) is 0 Å². The molecule has 0 aliphatic rings. The number of carbonyl (C=O) groups excluding carboxylic acids is 1. The molecule has 0 aliphatic heterocycles. The molecule has 0 saturated heterocycles. The van der Waals surface area contributed by atoms with Crippen molar-refractivity contribution >= 4 is 23.2 Å². The van der Waals surface area contributed by atoms with Crippen LogP contribution in [0.2, 0.25) is 5.02 Å². The predicted octanol–water partition coefficient (Wildman–Crippen LogP) is 4.08. The van der Waals surface area contributed by atoms with Crippen LogP contribution in [-0.2, 0) is 11.0 Å². The van der Waals surface area contributed by atoms with Crippen LogP contribution in [-0.4, -0.2) is 18.0 Å². The lowest BCUT2D eigenvalue weighted by Gasteiger charge is -2.20. The van der Waals surface area contributed by atoms with Crippen LogP contribution in [0.1, 0.15) is 32.8 Å². The van der Waals surface area contributed by atoms with Crippen molar-refractivity contribution in [2.45, 2.75) is 38.9 Å². The maximum absolute atomic E-state index is 12.9. The van der Waals surface area contributed by atoms with E-state index in [0.717, 1.165) is 12.1 Å². The van der Waals surface area contributed by atoms with Crippen molar-refractivity contribution in [1.29, 1.82) is 0 Å². The number of anilines is 1. The fourth-order valence-corrected chi connectivity index (χ4v) is 1.80.